The molecule has 1 N–H and O–H groups in total. The lowest BCUT2D eigenvalue weighted by atomic mass is 10.2. The minimum Gasteiger partial charge on any atom is -0.307 e. The molecule has 13 heavy (non-hydrogen) atoms. The number of hydrogen-bond donors (Lipinski definition) is 1. The summed E-state index contributed by atoms with van der Waals surface area (Å²) < 4.78 is 36.2. The number of halogens is 3. The third-order valence-electron chi connectivity index (χ3n) is 1.89. The lowest BCUT2D eigenvalue weighted by Gasteiger charge is -2.05. The predicted molar refractivity (Wildman–Crippen MR) is 40.0 cm³/mol. The van der Waals surface area contributed by atoms with Gasteiger partial charge in [0.1, 0.15) is 5.69 Å². The van der Waals surface area contributed by atoms with Crippen LogP contribution in [0.1, 0.15) is 17.3 Å². The van der Waals surface area contributed by atoms with Gasteiger partial charge in [0, 0.05) is 18.8 Å². The van der Waals surface area contributed by atoms with E-state index in [-0.39, 0.29) is 6.04 Å². The largest absolute Gasteiger partial charge is 0.433 e. The molecule has 1 saturated heterocycles. The highest BCUT2D eigenvalue weighted by Gasteiger charge is 2.32. The Morgan fingerprint density at radius 2 is 2.08 bits per heavy atom. The molecule has 0 bridgehead atoms. The zero-order valence-corrected chi connectivity index (χ0v) is 6.60. The van der Waals surface area contributed by atoms with E-state index in [4.69, 9.17) is 0 Å². The highest BCUT2D eigenvalue weighted by atomic mass is 19.4. The maximum absolute atomic E-state index is 12.1. The van der Waals surface area contributed by atoms with E-state index in [9.17, 15) is 13.2 Å². The molecular formula is C8H7F3N2. The Morgan fingerprint density at radius 1 is 1.38 bits per heavy atom. The smallest absolute Gasteiger partial charge is 0.307 e. The van der Waals surface area contributed by atoms with Gasteiger partial charge < -0.3 is 5.32 Å². The van der Waals surface area contributed by atoms with Crippen LogP contribution in [0.2, 0.25) is 0 Å². The van der Waals surface area contributed by atoms with Crippen molar-refractivity contribution >= 4 is 0 Å². The fourth-order valence-electron chi connectivity index (χ4n) is 1.07. The SMILES string of the molecule is FC(F)(F)c1ccc([C@H]2CN2)cn1. The van der Waals surface area contributed by atoms with Crippen molar-refractivity contribution in [3.63, 3.8) is 0 Å². The Bertz CT molecular complexity index is 300. The summed E-state index contributed by atoms with van der Waals surface area (Å²) in [5, 5.41) is 2.99. The van der Waals surface area contributed by atoms with Crippen molar-refractivity contribution in [3.8, 4) is 0 Å². The normalized spacial score (nSPS) is 21.6. The molecule has 0 amide bonds. The summed E-state index contributed by atoms with van der Waals surface area (Å²) in [4.78, 5) is 3.35. The Hall–Kier alpha value is -1.10. The van der Waals surface area contributed by atoms with Crippen LogP contribution in [-0.2, 0) is 6.18 Å². The molecule has 1 aromatic heterocycles. The number of nitrogens with zero attached hydrogens (tertiary/aromatic N) is 1. The van der Waals surface area contributed by atoms with Gasteiger partial charge in [-0.3, -0.25) is 4.98 Å². The minimum absolute atomic E-state index is 0.204. The molecule has 0 radical (unpaired) electrons. The average molecular weight is 188 g/mol. The second-order valence-corrected chi connectivity index (χ2v) is 2.94. The first-order chi connectivity index (χ1) is 6.07. The van der Waals surface area contributed by atoms with E-state index in [1.807, 2.05) is 0 Å². The third kappa shape index (κ3) is 1.80. The van der Waals surface area contributed by atoms with Crippen molar-refractivity contribution in [3.05, 3.63) is 29.6 Å². The number of aromatic nitrogens is 1. The number of pyridine rings is 1. The first kappa shape index (κ1) is 8.50. The summed E-state index contributed by atoms with van der Waals surface area (Å²) in [6.45, 7) is 0.826. The molecule has 1 aliphatic rings. The van der Waals surface area contributed by atoms with Crippen molar-refractivity contribution < 1.29 is 13.2 Å². The summed E-state index contributed by atoms with van der Waals surface area (Å²) in [6.07, 6.45) is -3.07. The molecule has 2 rings (SSSR count). The highest BCUT2D eigenvalue weighted by molar-refractivity contribution is 5.22. The first-order valence-corrected chi connectivity index (χ1v) is 3.84. The van der Waals surface area contributed by atoms with E-state index in [0.717, 1.165) is 18.2 Å². The second-order valence-electron chi connectivity index (χ2n) is 2.94. The fourth-order valence-corrected chi connectivity index (χ4v) is 1.07. The van der Waals surface area contributed by atoms with Crippen molar-refractivity contribution in [2.75, 3.05) is 6.54 Å². The third-order valence-corrected chi connectivity index (χ3v) is 1.89. The van der Waals surface area contributed by atoms with Crippen LogP contribution in [0.15, 0.2) is 18.3 Å². The second kappa shape index (κ2) is 2.70. The Labute approximate surface area is 72.8 Å². The summed E-state index contributed by atoms with van der Waals surface area (Å²) in [6, 6.07) is 2.67. The fraction of sp³-hybridized carbons (Fsp3) is 0.375. The van der Waals surface area contributed by atoms with Gasteiger partial charge in [0.05, 0.1) is 0 Å². The Kier molecular flexibility index (Phi) is 1.76. The summed E-state index contributed by atoms with van der Waals surface area (Å²) >= 11 is 0. The molecule has 1 aliphatic heterocycles. The predicted octanol–water partition coefficient (Wildman–Crippen LogP) is 1.74. The van der Waals surface area contributed by atoms with Crippen molar-refractivity contribution in [2.45, 2.75) is 12.2 Å². The van der Waals surface area contributed by atoms with Gasteiger partial charge in [0.2, 0.25) is 0 Å². The average Bonchev–Trinajstić information content (AvgIpc) is 2.85. The van der Waals surface area contributed by atoms with Crippen LogP contribution in [0.3, 0.4) is 0 Å². The van der Waals surface area contributed by atoms with Crippen LogP contribution in [0.4, 0.5) is 13.2 Å². The van der Waals surface area contributed by atoms with Gasteiger partial charge in [-0.1, -0.05) is 6.07 Å². The van der Waals surface area contributed by atoms with Crippen LogP contribution in [0.5, 0.6) is 0 Å². The maximum atomic E-state index is 12.1. The monoisotopic (exact) mass is 188 g/mol. The standard InChI is InChI=1S/C8H7F3N2/c9-8(10,11)7-2-1-5(3-13-7)6-4-12-6/h1-3,6,12H,4H2/t6-/m1/s1. The molecule has 5 heteroatoms. The van der Waals surface area contributed by atoms with Crippen LogP contribution >= 0.6 is 0 Å². The van der Waals surface area contributed by atoms with Gasteiger partial charge >= 0.3 is 6.18 Å². The van der Waals surface area contributed by atoms with E-state index < -0.39 is 11.9 Å². The zero-order valence-electron chi connectivity index (χ0n) is 6.60. The molecule has 1 aromatic rings. The summed E-state index contributed by atoms with van der Waals surface area (Å²) in [5.74, 6) is 0. The lowest BCUT2D eigenvalue weighted by molar-refractivity contribution is -0.141. The molecule has 0 unspecified atom stereocenters. The zero-order chi connectivity index (χ0) is 9.47. The van der Waals surface area contributed by atoms with Gasteiger partial charge in [0.15, 0.2) is 0 Å². The van der Waals surface area contributed by atoms with E-state index in [0.29, 0.717) is 0 Å². The maximum Gasteiger partial charge on any atom is 0.433 e. The van der Waals surface area contributed by atoms with Crippen LogP contribution < -0.4 is 5.32 Å². The quantitative estimate of drug-likeness (QED) is 0.681. The lowest BCUT2D eigenvalue weighted by Crippen LogP contribution is -2.07. The van der Waals surface area contributed by atoms with Crippen LogP contribution in [0, 0.1) is 0 Å². The van der Waals surface area contributed by atoms with Gasteiger partial charge in [-0.2, -0.15) is 13.2 Å². The summed E-state index contributed by atoms with van der Waals surface area (Å²) in [7, 11) is 0. The van der Waals surface area contributed by atoms with E-state index >= 15 is 0 Å². The molecule has 1 fully saturated rings. The van der Waals surface area contributed by atoms with Gasteiger partial charge in [0.25, 0.3) is 0 Å². The Morgan fingerprint density at radius 3 is 2.46 bits per heavy atom. The minimum atomic E-state index is -4.34. The molecular weight excluding hydrogens is 181 g/mol. The van der Waals surface area contributed by atoms with Gasteiger partial charge in [-0.25, -0.2) is 0 Å². The van der Waals surface area contributed by atoms with Crippen LogP contribution in [-0.4, -0.2) is 11.5 Å². The Balaban J connectivity index is 2.22. The van der Waals surface area contributed by atoms with Gasteiger partial charge in [-0.05, 0) is 11.6 Å². The summed E-state index contributed by atoms with van der Waals surface area (Å²) in [5.41, 5.74) is -0.0232. The first-order valence-electron chi connectivity index (χ1n) is 3.84. The number of nitrogens with one attached hydrogen (secondary N) is 1. The molecule has 1 atom stereocenters. The van der Waals surface area contributed by atoms with Gasteiger partial charge in [-0.15, -0.1) is 0 Å². The molecule has 0 saturated carbocycles. The van der Waals surface area contributed by atoms with Crippen molar-refractivity contribution in [1.29, 1.82) is 0 Å². The van der Waals surface area contributed by atoms with Crippen molar-refractivity contribution in [1.82, 2.24) is 10.3 Å². The van der Waals surface area contributed by atoms with E-state index in [1.54, 1.807) is 0 Å². The molecule has 2 heterocycles. The molecule has 70 valence electrons. The number of hydrogen-bond acceptors (Lipinski definition) is 2. The van der Waals surface area contributed by atoms with E-state index in [2.05, 4.69) is 10.3 Å². The number of rotatable bonds is 1. The van der Waals surface area contributed by atoms with Crippen LogP contribution in [0.25, 0.3) is 0 Å². The molecule has 0 spiro atoms. The molecule has 2 nitrogen and oxygen atoms in total. The topological polar surface area (TPSA) is 34.8 Å². The molecule has 0 aliphatic carbocycles. The molecule has 0 aromatic carbocycles. The van der Waals surface area contributed by atoms with E-state index in [1.165, 1.54) is 12.3 Å². The van der Waals surface area contributed by atoms with Crippen molar-refractivity contribution in [2.24, 2.45) is 0 Å². The number of alkyl halides is 3. The highest BCUT2D eigenvalue weighted by Crippen LogP contribution is 2.28.